The van der Waals surface area contributed by atoms with Crippen LogP contribution < -0.4 is 0 Å². The van der Waals surface area contributed by atoms with Crippen molar-refractivity contribution in [2.75, 3.05) is 7.11 Å². The lowest BCUT2D eigenvalue weighted by Crippen LogP contribution is -2.25. The largest absolute Gasteiger partial charge is 0.468 e. The van der Waals surface area contributed by atoms with E-state index in [1.54, 1.807) is 6.92 Å². The molecule has 0 bridgehead atoms. The van der Waals surface area contributed by atoms with Gasteiger partial charge in [-0.25, -0.2) is 4.39 Å². The molecule has 1 aromatic rings. The van der Waals surface area contributed by atoms with Gasteiger partial charge in [-0.3, -0.25) is 9.59 Å². The van der Waals surface area contributed by atoms with Crippen LogP contribution in [0.15, 0.2) is 22.7 Å². The van der Waals surface area contributed by atoms with E-state index in [1.165, 1.54) is 25.3 Å². The van der Waals surface area contributed by atoms with Crippen molar-refractivity contribution < 1.29 is 18.7 Å². The van der Waals surface area contributed by atoms with Gasteiger partial charge in [0, 0.05) is 4.47 Å². The van der Waals surface area contributed by atoms with Crippen molar-refractivity contribution in [3.05, 3.63) is 34.1 Å². The van der Waals surface area contributed by atoms with Crippen LogP contribution in [0.25, 0.3) is 0 Å². The number of carbonyl (C=O) groups is 2. The van der Waals surface area contributed by atoms with E-state index < -0.39 is 23.5 Å². The molecule has 0 spiro atoms. The first-order valence-electron chi connectivity index (χ1n) is 5.08. The van der Waals surface area contributed by atoms with Crippen molar-refractivity contribution in [1.82, 2.24) is 0 Å². The molecule has 0 N–H and O–H groups in total. The van der Waals surface area contributed by atoms with Crippen LogP contribution in [0.3, 0.4) is 0 Å². The zero-order valence-corrected chi connectivity index (χ0v) is 11.1. The summed E-state index contributed by atoms with van der Waals surface area (Å²) in [6.07, 6.45) is 0.275. The van der Waals surface area contributed by atoms with Crippen molar-refractivity contribution in [2.45, 2.75) is 13.3 Å². The number of ether oxygens (including phenoxy) is 1. The fourth-order valence-corrected chi connectivity index (χ4v) is 1.84. The third-order valence-corrected chi connectivity index (χ3v) is 2.90. The smallest absolute Gasteiger partial charge is 0.316 e. The number of esters is 1. The van der Waals surface area contributed by atoms with Gasteiger partial charge < -0.3 is 4.74 Å². The number of Topliss-reactive ketones (excluding diaryl/α,β-unsaturated/α-hetero) is 1. The topological polar surface area (TPSA) is 43.4 Å². The first-order chi connectivity index (χ1) is 8.01. The third kappa shape index (κ3) is 3.12. The molecule has 0 saturated carbocycles. The fourth-order valence-electron chi connectivity index (χ4n) is 1.48. The minimum absolute atomic E-state index is 0.100. The minimum Gasteiger partial charge on any atom is -0.468 e. The highest BCUT2D eigenvalue weighted by atomic mass is 79.9. The second-order valence-electron chi connectivity index (χ2n) is 3.47. The molecule has 1 unspecified atom stereocenters. The second-order valence-corrected chi connectivity index (χ2v) is 4.39. The molecule has 0 heterocycles. The summed E-state index contributed by atoms with van der Waals surface area (Å²) in [5.41, 5.74) is -0.100. The Morgan fingerprint density at radius 3 is 2.65 bits per heavy atom. The molecule has 17 heavy (non-hydrogen) atoms. The summed E-state index contributed by atoms with van der Waals surface area (Å²) in [7, 11) is 1.20. The Morgan fingerprint density at radius 2 is 2.12 bits per heavy atom. The molecule has 0 radical (unpaired) electrons. The molecule has 0 aliphatic carbocycles. The predicted molar refractivity (Wildman–Crippen MR) is 64.2 cm³/mol. The molecule has 1 aromatic carbocycles. The van der Waals surface area contributed by atoms with E-state index in [-0.39, 0.29) is 12.0 Å². The average molecular weight is 303 g/mol. The van der Waals surface area contributed by atoms with Crippen molar-refractivity contribution in [2.24, 2.45) is 5.92 Å². The van der Waals surface area contributed by atoms with Gasteiger partial charge in [0.1, 0.15) is 11.7 Å². The SMILES string of the molecule is CCC(C(=O)OC)C(=O)c1cc(Br)ccc1F. The van der Waals surface area contributed by atoms with Crippen LogP contribution in [0.1, 0.15) is 23.7 Å². The summed E-state index contributed by atoms with van der Waals surface area (Å²) >= 11 is 3.15. The summed E-state index contributed by atoms with van der Waals surface area (Å²) in [5.74, 6) is -2.79. The van der Waals surface area contributed by atoms with Crippen molar-refractivity contribution in [3.63, 3.8) is 0 Å². The molecule has 3 nitrogen and oxygen atoms in total. The molecule has 0 aliphatic heterocycles. The number of hydrogen-bond acceptors (Lipinski definition) is 3. The number of ketones is 1. The standard InChI is InChI=1S/C12H12BrFO3/c1-3-8(12(16)17-2)11(15)9-6-7(13)4-5-10(9)14/h4-6,8H,3H2,1-2H3. The molecule has 1 atom stereocenters. The number of benzene rings is 1. The van der Waals surface area contributed by atoms with E-state index in [0.717, 1.165) is 0 Å². The average Bonchev–Trinajstić information content (AvgIpc) is 2.32. The Balaban J connectivity index is 3.10. The molecule has 0 aromatic heterocycles. The van der Waals surface area contributed by atoms with Gasteiger partial charge in [0.15, 0.2) is 5.78 Å². The maximum absolute atomic E-state index is 13.5. The number of carbonyl (C=O) groups excluding carboxylic acids is 2. The van der Waals surface area contributed by atoms with Crippen LogP contribution in [0, 0.1) is 11.7 Å². The molecule has 1 rings (SSSR count). The summed E-state index contributed by atoms with van der Waals surface area (Å²) in [5, 5.41) is 0. The number of rotatable bonds is 4. The quantitative estimate of drug-likeness (QED) is 0.488. The van der Waals surface area contributed by atoms with Gasteiger partial charge in [-0.15, -0.1) is 0 Å². The lowest BCUT2D eigenvalue weighted by atomic mass is 9.95. The van der Waals surface area contributed by atoms with Crippen molar-refractivity contribution in [1.29, 1.82) is 0 Å². The summed E-state index contributed by atoms with van der Waals surface area (Å²) in [4.78, 5) is 23.4. The van der Waals surface area contributed by atoms with E-state index in [9.17, 15) is 14.0 Å². The van der Waals surface area contributed by atoms with Crippen LogP contribution in [-0.4, -0.2) is 18.9 Å². The number of hydrogen-bond donors (Lipinski definition) is 0. The monoisotopic (exact) mass is 302 g/mol. The summed E-state index contributed by atoms with van der Waals surface area (Å²) in [6.45, 7) is 1.68. The second kappa shape index (κ2) is 5.91. The molecule has 5 heteroatoms. The van der Waals surface area contributed by atoms with Gasteiger partial charge >= 0.3 is 5.97 Å². The van der Waals surface area contributed by atoms with Gasteiger partial charge in [-0.1, -0.05) is 22.9 Å². The minimum atomic E-state index is -0.955. The first kappa shape index (κ1) is 13.8. The molecule has 0 fully saturated rings. The molecule has 0 amide bonds. The summed E-state index contributed by atoms with van der Waals surface area (Å²) in [6, 6.07) is 4.04. The molecule has 92 valence electrons. The van der Waals surface area contributed by atoms with Gasteiger partial charge in [0.2, 0.25) is 0 Å². The molecular formula is C12H12BrFO3. The van der Waals surface area contributed by atoms with E-state index in [2.05, 4.69) is 20.7 Å². The number of methoxy groups -OCH3 is 1. The van der Waals surface area contributed by atoms with Crippen LogP contribution >= 0.6 is 15.9 Å². The Morgan fingerprint density at radius 1 is 1.47 bits per heavy atom. The highest BCUT2D eigenvalue weighted by molar-refractivity contribution is 9.10. The third-order valence-electron chi connectivity index (χ3n) is 2.40. The Bertz CT molecular complexity index is 445. The fraction of sp³-hybridized carbons (Fsp3) is 0.333. The van der Waals surface area contributed by atoms with Crippen LogP contribution in [0.2, 0.25) is 0 Å². The Labute approximate surface area is 107 Å². The van der Waals surface area contributed by atoms with Crippen LogP contribution in [0.4, 0.5) is 4.39 Å². The maximum Gasteiger partial charge on any atom is 0.316 e. The van der Waals surface area contributed by atoms with E-state index in [4.69, 9.17) is 0 Å². The van der Waals surface area contributed by atoms with Gasteiger partial charge in [0.05, 0.1) is 12.7 Å². The zero-order valence-electron chi connectivity index (χ0n) is 9.50. The summed E-state index contributed by atoms with van der Waals surface area (Å²) < 4.78 is 18.6. The maximum atomic E-state index is 13.5. The molecular weight excluding hydrogens is 291 g/mol. The highest BCUT2D eigenvalue weighted by Crippen LogP contribution is 2.20. The van der Waals surface area contributed by atoms with E-state index in [1.807, 2.05) is 0 Å². The van der Waals surface area contributed by atoms with Crippen molar-refractivity contribution >= 4 is 27.7 Å². The van der Waals surface area contributed by atoms with Crippen LogP contribution in [-0.2, 0) is 9.53 Å². The number of halogens is 2. The van der Waals surface area contributed by atoms with E-state index >= 15 is 0 Å². The molecule has 0 aliphatic rings. The van der Waals surface area contributed by atoms with Gasteiger partial charge in [0.25, 0.3) is 0 Å². The highest BCUT2D eigenvalue weighted by Gasteiger charge is 2.28. The van der Waals surface area contributed by atoms with Crippen LogP contribution in [0.5, 0.6) is 0 Å². The van der Waals surface area contributed by atoms with Gasteiger partial charge in [-0.2, -0.15) is 0 Å². The van der Waals surface area contributed by atoms with E-state index in [0.29, 0.717) is 4.47 Å². The Kier molecular flexibility index (Phi) is 4.81. The zero-order chi connectivity index (χ0) is 13.0. The lowest BCUT2D eigenvalue weighted by Gasteiger charge is -2.11. The van der Waals surface area contributed by atoms with Crippen molar-refractivity contribution in [3.8, 4) is 0 Å². The Hall–Kier alpha value is -1.23. The lowest BCUT2D eigenvalue weighted by molar-refractivity contribution is -0.143. The predicted octanol–water partition coefficient (Wildman–Crippen LogP) is 2.97. The molecule has 0 saturated heterocycles. The normalized spacial score (nSPS) is 12.0. The first-order valence-corrected chi connectivity index (χ1v) is 5.87. The van der Waals surface area contributed by atoms with Gasteiger partial charge in [-0.05, 0) is 24.6 Å².